The van der Waals surface area contributed by atoms with Crippen LogP contribution in [0.5, 0.6) is 0 Å². The minimum atomic E-state index is -1.37. The van der Waals surface area contributed by atoms with Gasteiger partial charge in [0.05, 0.1) is 6.04 Å². The summed E-state index contributed by atoms with van der Waals surface area (Å²) < 4.78 is 10.2. The zero-order chi connectivity index (χ0) is 20.6. The van der Waals surface area contributed by atoms with E-state index >= 15 is 0 Å². The van der Waals surface area contributed by atoms with Crippen LogP contribution in [0.1, 0.15) is 40.2 Å². The van der Waals surface area contributed by atoms with E-state index < -0.39 is 35.8 Å². The van der Waals surface area contributed by atoms with Gasteiger partial charge < -0.3 is 25.2 Å². The average Bonchev–Trinajstić information content (AvgIpc) is 2.55. The lowest BCUT2D eigenvalue weighted by atomic mass is 9.96. The number of aliphatic carboxylic acids is 1. The van der Waals surface area contributed by atoms with Crippen molar-refractivity contribution in [2.45, 2.75) is 58.9 Å². The molecule has 2 atom stereocenters. The van der Waals surface area contributed by atoms with Crippen molar-refractivity contribution in [3.63, 3.8) is 0 Å². The fourth-order valence-corrected chi connectivity index (χ4v) is 2.28. The maximum atomic E-state index is 12.0. The van der Waals surface area contributed by atoms with Crippen molar-refractivity contribution in [1.29, 1.82) is 0 Å². The van der Waals surface area contributed by atoms with Gasteiger partial charge in [-0.25, -0.2) is 14.4 Å². The molecule has 0 saturated carbocycles. The number of carboxylic acids is 1. The second-order valence-corrected chi connectivity index (χ2v) is 7.44. The lowest BCUT2D eigenvalue weighted by Crippen LogP contribution is -2.58. The SMILES string of the molecule is CC(C)C(NC(=O)OC(C)(C)C)[C@H](NC(=O)OCc1ccccc1)C(=O)O. The van der Waals surface area contributed by atoms with Crippen molar-refractivity contribution in [2.75, 3.05) is 0 Å². The minimum absolute atomic E-state index is 0.00481. The van der Waals surface area contributed by atoms with E-state index in [1.165, 1.54) is 0 Å². The van der Waals surface area contributed by atoms with E-state index in [9.17, 15) is 19.5 Å². The van der Waals surface area contributed by atoms with Gasteiger partial charge in [-0.2, -0.15) is 0 Å². The molecule has 0 aliphatic rings. The molecule has 0 spiro atoms. The Morgan fingerprint density at radius 3 is 2.11 bits per heavy atom. The lowest BCUT2D eigenvalue weighted by molar-refractivity contribution is -0.140. The number of hydrogen-bond donors (Lipinski definition) is 3. The molecule has 2 amide bonds. The molecule has 0 heterocycles. The number of amides is 2. The van der Waals surface area contributed by atoms with Crippen LogP contribution in [0.25, 0.3) is 0 Å². The predicted molar refractivity (Wildman–Crippen MR) is 99.2 cm³/mol. The third-order valence-corrected chi connectivity index (χ3v) is 3.51. The standard InChI is InChI=1S/C19H28N2O6/c1-12(2)14(20-18(25)27-19(3,4)5)15(16(22)23)21-17(24)26-11-13-9-7-6-8-10-13/h6-10,12,14-15H,11H2,1-5H3,(H,20,25)(H,21,24)(H,22,23)/t14?,15-/m0/s1. The molecule has 0 saturated heterocycles. The molecule has 0 radical (unpaired) electrons. The fourth-order valence-electron chi connectivity index (χ4n) is 2.28. The van der Waals surface area contributed by atoms with Gasteiger partial charge in [-0.05, 0) is 32.3 Å². The highest BCUT2D eigenvalue weighted by Crippen LogP contribution is 2.12. The molecule has 8 heteroatoms. The first-order valence-electron chi connectivity index (χ1n) is 8.69. The summed E-state index contributed by atoms with van der Waals surface area (Å²) in [5, 5.41) is 14.3. The van der Waals surface area contributed by atoms with Crippen LogP contribution in [0, 0.1) is 5.92 Å². The van der Waals surface area contributed by atoms with Crippen LogP contribution in [0.3, 0.4) is 0 Å². The van der Waals surface area contributed by atoms with E-state index in [0.717, 1.165) is 5.56 Å². The lowest BCUT2D eigenvalue weighted by Gasteiger charge is -2.30. The zero-order valence-electron chi connectivity index (χ0n) is 16.3. The van der Waals surface area contributed by atoms with Gasteiger partial charge in [0, 0.05) is 0 Å². The number of ether oxygens (including phenoxy) is 2. The molecule has 1 unspecified atom stereocenters. The van der Waals surface area contributed by atoms with Crippen LogP contribution in [-0.2, 0) is 20.9 Å². The van der Waals surface area contributed by atoms with Crippen LogP contribution >= 0.6 is 0 Å². The molecule has 0 aromatic heterocycles. The van der Waals surface area contributed by atoms with Crippen molar-refractivity contribution in [3.8, 4) is 0 Å². The summed E-state index contributed by atoms with van der Waals surface area (Å²) in [5.74, 6) is -1.57. The maximum Gasteiger partial charge on any atom is 0.408 e. The largest absolute Gasteiger partial charge is 0.480 e. The number of benzene rings is 1. The molecular weight excluding hydrogens is 352 g/mol. The molecule has 150 valence electrons. The third kappa shape index (κ3) is 8.44. The number of carboxylic acid groups (broad SMARTS) is 1. The Balaban J connectivity index is 2.75. The summed E-state index contributed by atoms with van der Waals surface area (Å²) in [6, 6.07) is 6.74. The van der Waals surface area contributed by atoms with Gasteiger partial charge in [-0.3, -0.25) is 0 Å². The Labute approximate surface area is 159 Å². The Morgan fingerprint density at radius 1 is 1.04 bits per heavy atom. The first kappa shape index (κ1) is 22.3. The molecule has 0 fully saturated rings. The Hall–Kier alpha value is -2.77. The first-order valence-corrected chi connectivity index (χ1v) is 8.69. The minimum Gasteiger partial charge on any atom is -0.480 e. The van der Waals surface area contributed by atoms with Crippen molar-refractivity contribution >= 4 is 18.2 Å². The maximum absolute atomic E-state index is 12.0. The van der Waals surface area contributed by atoms with E-state index in [-0.39, 0.29) is 12.5 Å². The van der Waals surface area contributed by atoms with Crippen molar-refractivity contribution < 1.29 is 29.0 Å². The molecule has 1 rings (SSSR count). The van der Waals surface area contributed by atoms with E-state index in [4.69, 9.17) is 9.47 Å². The number of carbonyl (C=O) groups is 3. The second kappa shape index (κ2) is 9.80. The van der Waals surface area contributed by atoms with Crippen molar-refractivity contribution in [3.05, 3.63) is 35.9 Å². The average molecular weight is 380 g/mol. The number of rotatable bonds is 7. The molecule has 0 bridgehead atoms. The molecule has 0 aliphatic heterocycles. The van der Waals surface area contributed by atoms with E-state index in [1.807, 2.05) is 6.07 Å². The van der Waals surface area contributed by atoms with Crippen LogP contribution in [0.2, 0.25) is 0 Å². The monoisotopic (exact) mass is 380 g/mol. The van der Waals surface area contributed by atoms with Gasteiger partial charge in [0.15, 0.2) is 6.04 Å². The topological polar surface area (TPSA) is 114 Å². The second-order valence-electron chi connectivity index (χ2n) is 7.44. The molecule has 0 aliphatic carbocycles. The molecule has 8 nitrogen and oxygen atoms in total. The Morgan fingerprint density at radius 2 is 1.63 bits per heavy atom. The van der Waals surface area contributed by atoms with Crippen LogP contribution in [-0.4, -0.2) is 40.9 Å². The predicted octanol–water partition coefficient (Wildman–Crippen LogP) is 2.92. The number of hydrogen-bond acceptors (Lipinski definition) is 5. The smallest absolute Gasteiger partial charge is 0.408 e. The molecule has 3 N–H and O–H groups in total. The van der Waals surface area contributed by atoms with Gasteiger partial charge in [-0.15, -0.1) is 0 Å². The van der Waals surface area contributed by atoms with Crippen molar-refractivity contribution in [1.82, 2.24) is 10.6 Å². The van der Waals surface area contributed by atoms with E-state index in [1.54, 1.807) is 58.9 Å². The summed E-state index contributed by atoms with van der Waals surface area (Å²) in [6.07, 6.45) is -1.64. The van der Waals surface area contributed by atoms with Crippen molar-refractivity contribution in [2.24, 2.45) is 5.92 Å². The van der Waals surface area contributed by atoms with E-state index in [2.05, 4.69) is 10.6 Å². The van der Waals surface area contributed by atoms with Gasteiger partial charge in [0.25, 0.3) is 0 Å². The Kier molecular flexibility index (Phi) is 8.08. The fraction of sp³-hybridized carbons (Fsp3) is 0.526. The molecule has 1 aromatic rings. The molecule has 1 aromatic carbocycles. The van der Waals surface area contributed by atoms with Crippen LogP contribution in [0.4, 0.5) is 9.59 Å². The summed E-state index contributed by atoms with van der Waals surface area (Å²) in [7, 11) is 0. The summed E-state index contributed by atoms with van der Waals surface area (Å²) in [4.78, 5) is 35.7. The van der Waals surface area contributed by atoms with Gasteiger partial charge in [0.1, 0.15) is 12.2 Å². The quantitative estimate of drug-likeness (QED) is 0.670. The van der Waals surface area contributed by atoms with Gasteiger partial charge in [-0.1, -0.05) is 44.2 Å². The number of alkyl carbamates (subject to hydrolysis) is 2. The molecule has 27 heavy (non-hydrogen) atoms. The van der Waals surface area contributed by atoms with Gasteiger partial charge in [0.2, 0.25) is 0 Å². The summed E-state index contributed by atoms with van der Waals surface area (Å²) >= 11 is 0. The van der Waals surface area contributed by atoms with Gasteiger partial charge >= 0.3 is 18.2 Å². The Bertz CT molecular complexity index is 639. The van der Waals surface area contributed by atoms with E-state index in [0.29, 0.717) is 0 Å². The highest BCUT2D eigenvalue weighted by atomic mass is 16.6. The highest BCUT2D eigenvalue weighted by molar-refractivity contribution is 5.81. The number of carbonyl (C=O) groups excluding carboxylic acids is 2. The number of nitrogens with one attached hydrogen (secondary N) is 2. The van der Waals surface area contributed by atoms with Crippen LogP contribution < -0.4 is 10.6 Å². The summed E-state index contributed by atoms with van der Waals surface area (Å²) in [5.41, 5.74) is 0.0404. The normalized spacial score (nSPS) is 13.4. The zero-order valence-corrected chi connectivity index (χ0v) is 16.3. The first-order chi connectivity index (χ1) is 12.5. The van der Waals surface area contributed by atoms with Crippen LogP contribution in [0.15, 0.2) is 30.3 Å². The third-order valence-electron chi connectivity index (χ3n) is 3.51. The highest BCUT2D eigenvalue weighted by Gasteiger charge is 2.34. The molecular formula is C19H28N2O6. The summed E-state index contributed by atoms with van der Waals surface area (Å²) in [6.45, 7) is 8.56.